The number of nitrogens with one attached hydrogen (secondary N) is 1. The van der Waals surface area contributed by atoms with Crippen LogP contribution in [0.5, 0.6) is 0 Å². The first-order valence-corrected chi connectivity index (χ1v) is 9.08. The number of hydrogen-bond donors (Lipinski definition) is 1. The van der Waals surface area contributed by atoms with Crippen LogP contribution in [0.15, 0.2) is 0 Å². The molecule has 2 fully saturated rings. The predicted octanol–water partition coefficient (Wildman–Crippen LogP) is 3.29. The molecule has 1 N–H and O–H groups in total. The van der Waals surface area contributed by atoms with Gasteiger partial charge in [-0.3, -0.25) is 4.90 Å². The van der Waals surface area contributed by atoms with Crippen LogP contribution < -0.4 is 5.32 Å². The summed E-state index contributed by atoms with van der Waals surface area (Å²) >= 11 is 0. The van der Waals surface area contributed by atoms with E-state index in [-0.39, 0.29) is 0 Å². The van der Waals surface area contributed by atoms with Gasteiger partial charge >= 0.3 is 0 Å². The summed E-state index contributed by atoms with van der Waals surface area (Å²) in [6, 6.07) is 0.733. The molecule has 3 heteroatoms. The first kappa shape index (κ1) is 17.2. The van der Waals surface area contributed by atoms with Crippen LogP contribution in [0, 0.1) is 11.3 Å². The van der Waals surface area contributed by atoms with Crippen molar-refractivity contribution in [3.05, 3.63) is 0 Å². The lowest BCUT2D eigenvalue weighted by Gasteiger charge is -2.41. The van der Waals surface area contributed by atoms with Crippen molar-refractivity contribution in [3.63, 3.8) is 0 Å². The zero-order valence-corrected chi connectivity index (χ0v) is 14.5. The van der Waals surface area contributed by atoms with Crippen molar-refractivity contribution in [2.45, 2.75) is 64.3 Å². The molecule has 1 atom stereocenters. The molecule has 124 valence electrons. The number of rotatable bonds is 9. The zero-order chi connectivity index (χ0) is 15.1. The maximum atomic E-state index is 5.37. The van der Waals surface area contributed by atoms with E-state index in [9.17, 15) is 0 Å². The molecule has 0 spiro atoms. The summed E-state index contributed by atoms with van der Waals surface area (Å²) in [4.78, 5) is 2.74. The fraction of sp³-hybridized carbons (Fsp3) is 1.00. The summed E-state index contributed by atoms with van der Waals surface area (Å²) in [6.45, 7) is 6.84. The maximum Gasteiger partial charge on any atom is 0.0589 e. The van der Waals surface area contributed by atoms with Gasteiger partial charge in [0.15, 0.2) is 0 Å². The smallest absolute Gasteiger partial charge is 0.0589 e. The molecule has 2 aliphatic rings. The molecule has 0 saturated heterocycles. The molecule has 1 unspecified atom stereocenters. The van der Waals surface area contributed by atoms with Crippen molar-refractivity contribution in [1.29, 1.82) is 0 Å². The molecule has 0 aliphatic heterocycles. The molecule has 0 radical (unpaired) electrons. The van der Waals surface area contributed by atoms with E-state index in [1.165, 1.54) is 64.5 Å². The highest BCUT2D eigenvalue weighted by atomic mass is 16.5. The van der Waals surface area contributed by atoms with Crippen LogP contribution in [-0.2, 0) is 4.74 Å². The lowest BCUT2D eigenvalue weighted by molar-refractivity contribution is 0.0635. The van der Waals surface area contributed by atoms with Gasteiger partial charge in [-0.1, -0.05) is 25.7 Å². The van der Waals surface area contributed by atoms with Gasteiger partial charge in [-0.2, -0.15) is 0 Å². The van der Waals surface area contributed by atoms with Gasteiger partial charge in [-0.15, -0.1) is 0 Å². The second-order valence-electron chi connectivity index (χ2n) is 7.49. The molecule has 0 aromatic rings. The summed E-state index contributed by atoms with van der Waals surface area (Å²) < 4.78 is 5.37. The Bertz CT molecular complexity index is 283. The van der Waals surface area contributed by atoms with Crippen LogP contribution in [-0.4, -0.2) is 51.3 Å². The zero-order valence-electron chi connectivity index (χ0n) is 14.5. The minimum Gasteiger partial charge on any atom is -0.383 e. The van der Waals surface area contributed by atoms with Crippen LogP contribution in [0.2, 0.25) is 0 Å². The van der Waals surface area contributed by atoms with E-state index < -0.39 is 0 Å². The second-order valence-corrected chi connectivity index (χ2v) is 7.49. The van der Waals surface area contributed by atoms with Crippen molar-refractivity contribution in [1.82, 2.24) is 10.2 Å². The molecular formula is C18H36N2O. The van der Waals surface area contributed by atoms with Gasteiger partial charge in [-0.25, -0.2) is 0 Å². The summed E-state index contributed by atoms with van der Waals surface area (Å²) in [5, 5.41) is 3.49. The van der Waals surface area contributed by atoms with Gasteiger partial charge in [0.1, 0.15) is 0 Å². The molecule has 0 bridgehead atoms. The Balaban J connectivity index is 2.01. The Hall–Kier alpha value is -0.120. The third kappa shape index (κ3) is 5.22. The van der Waals surface area contributed by atoms with Crippen molar-refractivity contribution < 1.29 is 4.74 Å². The molecule has 2 saturated carbocycles. The standard InChI is InChI=1S/C18H36N2O/c1-16(17-8-9-17)20(12-13-21-3)15-18(14-19-2)10-6-4-5-7-11-18/h16-17,19H,4-15H2,1-3H3. The fourth-order valence-corrected chi connectivity index (χ4v) is 4.19. The van der Waals surface area contributed by atoms with Gasteiger partial charge in [0, 0.05) is 32.8 Å². The highest BCUT2D eigenvalue weighted by molar-refractivity contribution is 4.91. The number of methoxy groups -OCH3 is 1. The van der Waals surface area contributed by atoms with Gasteiger partial charge in [0.2, 0.25) is 0 Å². The summed E-state index contributed by atoms with van der Waals surface area (Å²) in [7, 11) is 3.95. The lowest BCUT2D eigenvalue weighted by Crippen LogP contribution is -2.48. The van der Waals surface area contributed by atoms with E-state index >= 15 is 0 Å². The molecular weight excluding hydrogens is 260 g/mol. The highest BCUT2D eigenvalue weighted by Crippen LogP contribution is 2.39. The van der Waals surface area contributed by atoms with E-state index in [2.05, 4.69) is 24.2 Å². The Morgan fingerprint density at radius 3 is 2.38 bits per heavy atom. The fourth-order valence-electron chi connectivity index (χ4n) is 4.19. The van der Waals surface area contributed by atoms with Crippen molar-refractivity contribution in [3.8, 4) is 0 Å². The molecule has 2 aliphatic carbocycles. The minimum atomic E-state index is 0.488. The van der Waals surface area contributed by atoms with Gasteiger partial charge in [-0.05, 0) is 51.0 Å². The summed E-state index contributed by atoms with van der Waals surface area (Å²) in [6.07, 6.45) is 11.4. The molecule has 0 aromatic carbocycles. The van der Waals surface area contributed by atoms with Gasteiger partial charge < -0.3 is 10.1 Å². The number of ether oxygens (including phenoxy) is 1. The van der Waals surface area contributed by atoms with Crippen LogP contribution in [0.3, 0.4) is 0 Å². The first-order valence-electron chi connectivity index (χ1n) is 9.08. The monoisotopic (exact) mass is 296 g/mol. The predicted molar refractivity (Wildman–Crippen MR) is 89.7 cm³/mol. The Morgan fingerprint density at radius 1 is 1.19 bits per heavy atom. The molecule has 0 amide bonds. The average molecular weight is 296 g/mol. The van der Waals surface area contributed by atoms with Crippen molar-refractivity contribution in [2.24, 2.45) is 11.3 Å². The average Bonchev–Trinajstić information content (AvgIpc) is 3.31. The SMILES string of the molecule is CNCC1(CN(CCOC)C(C)C2CC2)CCCCCC1. The minimum absolute atomic E-state index is 0.488. The Labute approximate surface area is 131 Å². The topological polar surface area (TPSA) is 24.5 Å². The number of nitrogens with zero attached hydrogens (tertiary/aromatic N) is 1. The highest BCUT2D eigenvalue weighted by Gasteiger charge is 2.37. The summed E-state index contributed by atoms with van der Waals surface area (Å²) in [5.74, 6) is 0.944. The number of hydrogen-bond acceptors (Lipinski definition) is 3. The third-order valence-electron chi connectivity index (χ3n) is 5.72. The van der Waals surface area contributed by atoms with Crippen molar-refractivity contribution >= 4 is 0 Å². The summed E-state index contributed by atoms with van der Waals surface area (Å²) in [5.41, 5.74) is 0.488. The molecule has 0 heterocycles. The van der Waals surface area contributed by atoms with Crippen LogP contribution in [0.1, 0.15) is 58.3 Å². The molecule has 2 rings (SSSR count). The van der Waals surface area contributed by atoms with Gasteiger partial charge in [0.25, 0.3) is 0 Å². The molecule has 21 heavy (non-hydrogen) atoms. The lowest BCUT2D eigenvalue weighted by atomic mass is 9.79. The third-order valence-corrected chi connectivity index (χ3v) is 5.72. The first-order chi connectivity index (χ1) is 10.2. The van der Waals surface area contributed by atoms with Crippen molar-refractivity contribution in [2.75, 3.05) is 40.4 Å². The second kappa shape index (κ2) is 8.50. The van der Waals surface area contributed by atoms with E-state index in [1.807, 2.05) is 7.11 Å². The normalized spacial score (nSPS) is 24.0. The van der Waals surface area contributed by atoms with Crippen LogP contribution in [0.25, 0.3) is 0 Å². The Kier molecular flexibility index (Phi) is 6.97. The van der Waals surface area contributed by atoms with E-state index in [1.54, 1.807) is 0 Å². The largest absolute Gasteiger partial charge is 0.383 e. The Morgan fingerprint density at radius 2 is 1.86 bits per heavy atom. The maximum absolute atomic E-state index is 5.37. The van der Waals surface area contributed by atoms with Crippen LogP contribution in [0.4, 0.5) is 0 Å². The quantitative estimate of drug-likeness (QED) is 0.661. The molecule has 0 aromatic heterocycles. The van der Waals surface area contributed by atoms with E-state index in [0.29, 0.717) is 5.41 Å². The molecule has 3 nitrogen and oxygen atoms in total. The van der Waals surface area contributed by atoms with E-state index in [4.69, 9.17) is 4.74 Å². The van der Waals surface area contributed by atoms with E-state index in [0.717, 1.165) is 25.1 Å². The van der Waals surface area contributed by atoms with Gasteiger partial charge in [0.05, 0.1) is 6.61 Å². The van der Waals surface area contributed by atoms with Crippen LogP contribution >= 0.6 is 0 Å².